The summed E-state index contributed by atoms with van der Waals surface area (Å²) in [6, 6.07) is 5.27. The number of carbonyl (C=O) groups excluding carboxylic acids is 1. The van der Waals surface area contributed by atoms with Crippen LogP contribution in [0.2, 0.25) is 0 Å². The van der Waals surface area contributed by atoms with Crippen molar-refractivity contribution in [2.45, 2.75) is 18.4 Å². The summed E-state index contributed by atoms with van der Waals surface area (Å²) in [7, 11) is 0. The van der Waals surface area contributed by atoms with Crippen molar-refractivity contribution in [3.05, 3.63) is 28.5 Å². The SMILES string of the molecule is O=C(c1cccc(Br)n1)N1CC(O)(C2CC2)C1. The van der Waals surface area contributed by atoms with Crippen molar-refractivity contribution in [2.24, 2.45) is 5.92 Å². The minimum atomic E-state index is -0.623. The molecule has 1 aliphatic carbocycles. The quantitative estimate of drug-likeness (QED) is 0.840. The van der Waals surface area contributed by atoms with Crippen molar-refractivity contribution in [3.63, 3.8) is 0 Å². The number of β-amino-alcohol motifs (C(OH)–C–C–N with tert-alkyl or cyclic N) is 1. The number of pyridine rings is 1. The zero-order valence-corrected chi connectivity index (χ0v) is 10.9. The molecule has 1 aromatic rings. The standard InChI is InChI=1S/C12H13BrN2O2/c13-10-3-1-2-9(14-10)11(16)15-6-12(17,7-15)8-4-5-8/h1-3,8,17H,4-7H2. The molecule has 1 aromatic heterocycles. The number of likely N-dealkylation sites (tertiary alicyclic amines) is 1. The van der Waals surface area contributed by atoms with Gasteiger partial charge in [-0.3, -0.25) is 4.79 Å². The maximum atomic E-state index is 12.0. The molecule has 1 N–H and O–H groups in total. The van der Waals surface area contributed by atoms with Gasteiger partial charge < -0.3 is 10.0 Å². The topological polar surface area (TPSA) is 53.4 Å². The molecule has 2 fully saturated rings. The van der Waals surface area contributed by atoms with Crippen LogP contribution in [-0.4, -0.2) is 39.6 Å². The lowest BCUT2D eigenvalue weighted by Gasteiger charge is -2.46. The molecule has 17 heavy (non-hydrogen) atoms. The van der Waals surface area contributed by atoms with E-state index in [4.69, 9.17) is 0 Å². The van der Waals surface area contributed by atoms with Crippen LogP contribution in [0, 0.1) is 5.92 Å². The second kappa shape index (κ2) is 3.78. The van der Waals surface area contributed by atoms with Crippen molar-refractivity contribution in [3.8, 4) is 0 Å². The molecule has 2 heterocycles. The smallest absolute Gasteiger partial charge is 0.272 e. The normalized spacial score (nSPS) is 22.1. The van der Waals surface area contributed by atoms with Crippen LogP contribution in [0.3, 0.4) is 0 Å². The van der Waals surface area contributed by atoms with Crippen molar-refractivity contribution in [2.75, 3.05) is 13.1 Å². The lowest BCUT2D eigenvalue weighted by molar-refractivity contribution is -0.0959. The van der Waals surface area contributed by atoms with E-state index in [2.05, 4.69) is 20.9 Å². The number of aliphatic hydroxyl groups is 1. The molecule has 90 valence electrons. The van der Waals surface area contributed by atoms with Gasteiger partial charge in [-0.15, -0.1) is 0 Å². The van der Waals surface area contributed by atoms with E-state index in [0.717, 1.165) is 12.8 Å². The Labute approximate surface area is 108 Å². The Morgan fingerprint density at radius 1 is 1.47 bits per heavy atom. The van der Waals surface area contributed by atoms with Crippen LogP contribution in [0.15, 0.2) is 22.8 Å². The number of aromatic nitrogens is 1. The van der Waals surface area contributed by atoms with Crippen LogP contribution in [0.1, 0.15) is 23.3 Å². The van der Waals surface area contributed by atoms with Gasteiger partial charge in [-0.25, -0.2) is 4.98 Å². The highest BCUT2D eigenvalue weighted by molar-refractivity contribution is 9.10. The summed E-state index contributed by atoms with van der Waals surface area (Å²) in [6.07, 6.45) is 2.18. The van der Waals surface area contributed by atoms with E-state index in [1.54, 1.807) is 23.1 Å². The molecule has 0 aromatic carbocycles. The van der Waals surface area contributed by atoms with Crippen molar-refractivity contribution in [1.29, 1.82) is 0 Å². The molecule has 0 atom stereocenters. The molecule has 0 radical (unpaired) electrons. The summed E-state index contributed by atoms with van der Waals surface area (Å²) < 4.78 is 0.654. The Hall–Kier alpha value is -0.940. The summed E-state index contributed by atoms with van der Waals surface area (Å²) >= 11 is 3.24. The van der Waals surface area contributed by atoms with E-state index in [1.165, 1.54) is 0 Å². The first-order chi connectivity index (χ1) is 8.08. The van der Waals surface area contributed by atoms with Gasteiger partial charge in [0.05, 0.1) is 13.1 Å². The van der Waals surface area contributed by atoms with Crippen LogP contribution in [0.5, 0.6) is 0 Å². The summed E-state index contributed by atoms with van der Waals surface area (Å²) in [5, 5.41) is 10.1. The zero-order chi connectivity index (χ0) is 12.0. The molecule has 4 nitrogen and oxygen atoms in total. The fourth-order valence-corrected chi connectivity index (χ4v) is 2.67. The monoisotopic (exact) mass is 296 g/mol. The Morgan fingerprint density at radius 2 is 2.18 bits per heavy atom. The Morgan fingerprint density at radius 3 is 2.76 bits per heavy atom. The van der Waals surface area contributed by atoms with Gasteiger partial charge in [0.1, 0.15) is 15.9 Å². The third-order valence-electron chi connectivity index (χ3n) is 3.49. The second-order valence-electron chi connectivity index (χ2n) is 4.88. The molecule has 1 aliphatic heterocycles. The lowest BCUT2D eigenvalue weighted by Crippen LogP contribution is -2.64. The lowest BCUT2D eigenvalue weighted by atomic mass is 9.88. The van der Waals surface area contributed by atoms with E-state index >= 15 is 0 Å². The van der Waals surface area contributed by atoms with E-state index in [0.29, 0.717) is 29.3 Å². The van der Waals surface area contributed by atoms with Gasteiger partial charge in [-0.2, -0.15) is 0 Å². The number of halogens is 1. The number of nitrogens with zero attached hydrogens (tertiary/aromatic N) is 2. The first-order valence-corrected chi connectivity index (χ1v) is 6.52. The van der Waals surface area contributed by atoms with E-state index in [9.17, 15) is 9.90 Å². The average Bonchev–Trinajstić information content (AvgIpc) is 3.08. The van der Waals surface area contributed by atoms with Crippen LogP contribution >= 0.6 is 15.9 Å². The highest BCUT2D eigenvalue weighted by atomic mass is 79.9. The predicted molar refractivity (Wildman–Crippen MR) is 65.5 cm³/mol. The first-order valence-electron chi connectivity index (χ1n) is 5.73. The Balaban J connectivity index is 1.69. The van der Waals surface area contributed by atoms with Gasteiger partial charge in [0, 0.05) is 0 Å². The average molecular weight is 297 g/mol. The third kappa shape index (κ3) is 1.98. The maximum absolute atomic E-state index is 12.0. The molecular weight excluding hydrogens is 284 g/mol. The highest BCUT2D eigenvalue weighted by Gasteiger charge is 2.53. The minimum Gasteiger partial charge on any atom is -0.386 e. The Kier molecular flexibility index (Phi) is 2.48. The highest BCUT2D eigenvalue weighted by Crippen LogP contribution is 2.44. The molecule has 0 spiro atoms. The largest absolute Gasteiger partial charge is 0.386 e. The molecule has 0 bridgehead atoms. The van der Waals surface area contributed by atoms with Gasteiger partial charge >= 0.3 is 0 Å². The molecule has 2 aliphatic rings. The van der Waals surface area contributed by atoms with Gasteiger partial charge in [0.25, 0.3) is 5.91 Å². The summed E-state index contributed by atoms with van der Waals surface area (Å²) in [5.41, 5.74) is -0.195. The van der Waals surface area contributed by atoms with Gasteiger partial charge in [-0.1, -0.05) is 6.07 Å². The number of hydrogen-bond donors (Lipinski definition) is 1. The Bertz CT molecular complexity index is 467. The number of rotatable bonds is 2. The number of hydrogen-bond acceptors (Lipinski definition) is 3. The van der Waals surface area contributed by atoms with Crippen molar-refractivity contribution < 1.29 is 9.90 Å². The van der Waals surface area contributed by atoms with E-state index < -0.39 is 5.60 Å². The zero-order valence-electron chi connectivity index (χ0n) is 9.27. The molecule has 0 unspecified atom stereocenters. The number of amides is 1. The molecule has 1 amide bonds. The maximum Gasteiger partial charge on any atom is 0.272 e. The summed E-state index contributed by atoms with van der Waals surface area (Å²) in [6.45, 7) is 0.898. The van der Waals surface area contributed by atoms with E-state index in [1.807, 2.05) is 0 Å². The minimum absolute atomic E-state index is 0.100. The van der Waals surface area contributed by atoms with Crippen LogP contribution in [-0.2, 0) is 0 Å². The van der Waals surface area contributed by atoms with Crippen LogP contribution < -0.4 is 0 Å². The van der Waals surface area contributed by atoms with Gasteiger partial charge in [-0.05, 0) is 46.8 Å². The molecule has 5 heteroatoms. The molecule has 1 saturated carbocycles. The van der Waals surface area contributed by atoms with Crippen molar-refractivity contribution in [1.82, 2.24) is 9.88 Å². The van der Waals surface area contributed by atoms with E-state index in [-0.39, 0.29) is 5.91 Å². The second-order valence-corrected chi connectivity index (χ2v) is 5.70. The molecule has 3 rings (SSSR count). The van der Waals surface area contributed by atoms with Crippen LogP contribution in [0.4, 0.5) is 0 Å². The van der Waals surface area contributed by atoms with Gasteiger partial charge in [0.2, 0.25) is 0 Å². The van der Waals surface area contributed by atoms with Gasteiger partial charge in [0.15, 0.2) is 0 Å². The van der Waals surface area contributed by atoms with Crippen LogP contribution in [0.25, 0.3) is 0 Å². The fourth-order valence-electron chi connectivity index (χ4n) is 2.33. The molecule has 1 saturated heterocycles. The predicted octanol–water partition coefficient (Wildman–Crippen LogP) is 1.44. The summed E-state index contributed by atoms with van der Waals surface area (Å²) in [5.74, 6) is 0.304. The first kappa shape index (κ1) is 11.2. The summed E-state index contributed by atoms with van der Waals surface area (Å²) in [4.78, 5) is 17.8. The van der Waals surface area contributed by atoms with Crippen molar-refractivity contribution >= 4 is 21.8 Å². The number of carbonyl (C=O) groups is 1. The fraction of sp³-hybridized carbons (Fsp3) is 0.500. The molecular formula is C12H13BrN2O2. The third-order valence-corrected chi connectivity index (χ3v) is 3.93.